The molecule has 3 heterocycles. The monoisotopic (exact) mass is 373 g/mol. The molecule has 0 aliphatic heterocycles. The van der Waals surface area contributed by atoms with Crippen molar-refractivity contribution < 1.29 is 4.74 Å². The van der Waals surface area contributed by atoms with Crippen LogP contribution in [0, 0.1) is 0 Å². The van der Waals surface area contributed by atoms with Crippen LogP contribution < -0.4 is 15.0 Å². The predicted molar refractivity (Wildman–Crippen MR) is 109 cm³/mol. The minimum atomic E-state index is 0.433. The van der Waals surface area contributed by atoms with E-state index in [1.165, 1.54) is 0 Å². The van der Waals surface area contributed by atoms with Gasteiger partial charge in [0.25, 0.3) is 0 Å². The summed E-state index contributed by atoms with van der Waals surface area (Å²) in [5.74, 6) is 2.46. The number of rotatable bonds is 5. The number of anilines is 3. The van der Waals surface area contributed by atoms with Crippen LogP contribution in [0.2, 0.25) is 0 Å². The molecule has 8 heteroatoms. The summed E-state index contributed by atoms with van der Waals surface area (Å²) >= 11 is 0. The summed E-state index contributed by atoms with van der Waals surface area (Å²) in [6.45, 7) is 0. The van der Waals surface area contributed by atoms with Crippen LogP contribution in [-0.2, 0) is 0 Å². The summed E-state index contributed by atoms with van der Waals surface area (Å²) < 4.78 is 5.47. The van der Waals surface area contributed by atoms with E-state index >= 15 is 0 Å². The van der Waals surface area contributed by atoms with Crippen molar-refractivity contribution in [3.05, 3.63) is 55.0 Å². The number of benzene rings is 1. The smallest absolute Gasteiger partial charge is 0.229 e. The van der Waals surface area contributed by atoms with E-state index in [1.807, 2.05) is 55.4 Å². The van der Waals surface area contributed by atoms with Gasteiger partial charge in [-0.3, -0.25) is 4.98 Å². The lowest BCUT2D eigenvalue weighted by Gasteiger charge is -2.12. The van der Waals surface area contributed by atoms with Crippen molar-refractivity contribution in [3.8, 4) is 17.0 Å². The SMILES string of the molecule is COc1cnc(Nc2ccccn2)nc1-c1ccc2ncc(N(C)C)nc2c1. The normalized spacial score (nSPS) is 10.7. The number of ether oxygens (including phenoxy) is 1. The Kier molecular flexibility index (Phi) is 4.67. The molecule has 1 N–H and O–H groups in total. The van der Waals surface area contributed by atoms with Gasteiger partial charge in [0.15, 0.2) is 5.75 Å². The third-order valence-electron chi connectivity index (χ3n) is 4.14. The van der Waals surface area contributed by atoms with Gasteiger partial charge in [0, 0.05) is 25.9 Å². The fraction of sp³-hybridized carbons (Fsp3) is 0.150. The van der Waals surface area contributed by atoms with Crippen molar-refractivity contribution in [1.82, 2.24) is 24.9 Å². The molecular formula is C20H19N7O. The number of nitrogens with one attached hydrogen (secondary N) is 1. The molecule has 0 bridgehead atoms. The van der Waals surface area contributed by atoms with Gasteiger partial charge < -0.3 is 15.0 Å². The first kappa shape index (κ1) is 17.6. The fourth-order valence-electron chi connectivity index (χ4n) is 2.70. The standard InChI is InChI=1S/C20H19N7O/c1-27(2)18-12-22-14-8-7-13(10-15(14)24-18)19-16(28-3)11-23-20(26-19)25-17-6-4-5-9-21-17/h4-12H,1-3H3,(H,21,23,25,26). The lowest BCUT2D eigenvalue weighted by atomic mass is 10.1. The Morgan fingerprint density at radius 3 is 2.57 bits per heavy atom. The molecule has 0 atom stereocenters. The van der Waals surface area contributed by atoms with Crippen LogP contribution in [-0.4, -0.2) is 46.1 Å². The highest BCUT2D eigenvalue weighted by Crippen LogP contribution is 2.30. The quantitative estimate of drug-likeness (QED) is 0.570. The molecular weight excluding hydrogens is 354 g/mol. The Morgan fingerprint density at radius 1 is 0.929 bits per heavy atom. The fourth-order valence-corrected chi connectivity index (χ4v) is 2.70. The highest BCUT2D eigenvalue weighted by molar-refractivity contribution is 5.83. The molecule has 0 fully saturated rings. The van der Waals surface area contributed by atoms with Gasteiger partial charge in [-0.05, 0) is 24.3 Å². The highest BCUT2D eigenvalue weighted by Gasteiger charge is 2.12. The van der Waals surface area contributed by atoms with E-state index in [9.17, 15) is 0 Å². The maximum atomic E-state index is 5.47. The molecule has 4 aromatic rings. The molecule has 0 unspecified atom stereocenters. The molecule has 140 valence electrons. The first-order chi connectivity index (χ1) is 13.6. The summed E-state index contributed by atoms with van der Waals surface area (Å²) in [5.41, 5.74) is 3.12. The Hall–Kier alpha value is -3.81. The summed E-state index contributed by atoms with van der Waals surface area (Å²) in [4.78, 5) is 24.2. The van der Waals surface area contributed by atoms with Crippen LogP contribution in [0.15, 0.2) is 55.0 Å². The van der Waals surface area contributed by atoms with E-state index in [2.05, 4.69) is 30.2 Å². The molecule has 28 heavy (non-hydrogen) atoms. The zero-order chi connectivity index (χ0) is 19.5. The number of pyridine rings is 1. The van der Waals surface area contributed by atoms with E-state index in [1.54, 1.807) is 25.7 Å². The van der Waals surface area contributed by atoms with E-state index in [0.29, 0.717) is 23.2 Å². The topological polar surface area (TPSA) is 88.9 Å². The van der Waals surface area contributed by atoms with Crippen molar-refractivity contribution in [3.63, 3.8) is 0 Å². The molecule has 0 saturated heterocycles. The van der Waals surface area contributed by atoms with Crippen LogP contribution in [0.5, 0.6) is 5.75 Å². The van der Waals surface area contributed by atoms with Gasteiger partial charge >= 0.3 is 0 Å². The Balaban J connectivity index is 1.77. The number of hydrogen-bond acceptors (Lipinski definition) is 8. The van der Waals surface area contributed by atoms with Gasteiger partial charge in [0.05, 0.1) is 30.5 Å². The second-order valence-electron chi connectivity index (χ2n) is 6.28. The van der Waals surface area contributed by atoms with Gasteiger partial charge in [-0.15, -0.1) is 0 Å². The van der Waals surface area contributed by atoms with E-state index in [4.69, 9.17) is 4.74 Å². The maximum absolute atomic E-state index is 5.47. The number of nitrogens with zero attached hydrogens (tertiary/aromatic N) is 6. The second kappa shape index (κ2) is 7.43. The van der Waals surface area contributed by atoms with Crippen molar-refractivity contribution in [2.45, 2.75) is 0 Å². The van der Waals surface area contributed by atoms with Crippen LogP contribution >= 0.6 is 0 Å². The van der Waals surface area contributed by atoms with Gasteiger partial charge in [0.2, 0.25) is 5.95 Å². The zero-order valence-corrected chi connectivity index (χ0v) is 15.8. The summed E-state index contributed by atoms with van der Waals surface area (Å²) in [6.07, 6.45) is 5.10. The van der Waals surface area contributed by atoms with Crippen molar-refractivity contribution in [1.29, 1.82) is 0 Å². The first-order valence-electron chi connectivity index (χ1n) is 8.67. The third-order valence-corrected chi connectivity index (χ3v) is 4.14. The molecule has 3 aromatic heterocycles. The second-order valence-corrected chi connectivity index (χ2v) is 6.28. The molecule has 0 aliphatic carbocycles. The highest BCUT2D eigenvalue weighted by atomic mass is 16.5. The summed E-state index contributed by atoms with van der Waals surface area (Å²) in [6, 6.07) is 11.4. The molecule has 0 radical (unpaired) electrons. The van der Waals surface area contributed by atoms with Gasteiger partial charge in [-0.1, -0.05) is 12.1 Å². The Bertz CT molecular complexity index is 1120. The van der Waals surface area contributed by atoms with Crippen LogP contribution in [0.1, 0.15) is 0 Å². The summed E-state index contributed by atoms with van der Waals surface area (Å²) in [5, 5.41) is 3.10. The van der Waals surface area contributed by atoms with Crippen molar-refractivity contribution in [2.75, 3.05) is 31.4 Å². The average molecular weight is 373 g/mol. The molecule has 0 amide bonds. The van der Waals surface area contributed by atoms with Crippen LogP contribution in [0.4, 0.5) is 17.6 Å². The molecule has 8 nitrogen and oxygen atoms in total. The number of fused-ring (bicyclic) bond motifs is 1. The van der Waals surface area contributed by atoms with Gasteiger partial charge in [-0.25, -0.2) is 19.9 Å². The number of hydrogen-bond donors (Lipinski definition) is 1. The van der Waals surface area contributed by atoms with Gasteiger partial charge in [0.1, 0.15) is 17.3 Å². The van der Waals surface area contributed by atoms with E-state index in [0.717, 1.165) is 22.4 Å². The number of methoxy groups -OCH3 is 1. The largest absolute Gasteiger partial charge is 0.493 e. The van der Waals surface area contributed by atoms with E-state index in [-0.39, 0.29) is 0 Å². The predicted octanol–water partition coefficient (Wildman–Crippen LogP) is 3.30. The van der Waals surface area contributed by atoms with Crippen LogP contribution in [0.25, 0.3) is 22.3 Å². The van der Waals surface area contributed by atoms with Gasteiger partial charge in [-0.2, -0.15) is 0 Å². The maximum Gasteiger partial charge on any atom is 0.229 e. The molecule has 0 spiro atoms. The summed E-state index contributed by atoms with van der Waals surface area (Å²) in [7, 11) is 5.46. The van der Waals surface area contributed by atoms with E-state index < -0.39 is 0 Å². The minimum Gasteiger partial charge on any atom is -0.493 e. The Labute approximate surface area is 162 Å². The zero-order valence-electron chi connectivity index (χ0n) is 15.8. The Morgan fingerprint density at radius 2 is 1.82 bits per heavy atom. The van der Waals surface area contributed by atoms with Crippen LogP contribution in [0.3, 0.4) is 0 Å². The van der Waals surface area contributed by atoms with Crippen molar-refractivity contribution >= 4 is 28.6 Å². The molecule has 1 aromatic carbocycles. The first-order valence-corrected chi connectivity index (χ1v) is 8.67. The third kappa shape index (κ3) is 3.52. The molecule has 4 rings (SSSR count). The number of aromatic nitrogens is 5. The molecule has 0 saturated carbocycles. The molecule has 0 aliphatic rings. The minimum absolute atomic E-state index is 0.433. The lowest BCUT2D eigenvalue weighted by Crippen LogP contribution is -2.10. The lowest BCUT2D eigenvalue weighted by molar-refractivity contribution is 0.413. The van der Waals surface area contributed by atoms with Crippen molar-refractivity contribution in [2.24, 2.45) is 0 Å². The average Bonchev–Trinajstić information content (AvgIpc) is 2.73.